The van der Waals surface area contributed by atoms with E-state index < -0.39 is 0 Å². The summed E-state index contributed by atoms with van der Waals surface area (Å²) in [5.74, 6) is 1.20. The lowest BCUT2D eigenvalue weighted by Crippen LogP contribution is -2.13. The van der Waals surface area contributed by atoms with Gasteiger partial charge < -0.3 is 9.47 Å². The van der Waals surface area contributed by atoms with Crippen LogP contribution in [0.15, 0.2) is 18.2 Å². The summed E-state index contributed by atoms with van der Waals surface area (Å²) >= 11 is 0. The van der Waals surface area contributed by atoms with Gasteiger partial charge in [-0.15, -0.1) is 0 Å². The number of hydrogen-bond acceptors (Lipinski definition) is 3. The molecule has 0 N–H and O–H groups in total. The Kier molecular flexibility index (Phi) is 5.53. The predicted octanol–water partition coefficient (Wildman–Crippen LogP) is 3.47. The van der Waals surface area contributed by atoms with Crippen molar-refractivity contribution >= 4 is 6.29 Å². The van der Waals surface area contributed by atoms with E-state index in [4.69, 9.17) is 9.47 Å². The summed E-state index contributed by atoms with van der Waals surface area (Å²) in [6, 6.07) is 5.36. The van der Waals surface area contributed by atoms with Crippen LogP contribution in [0, 0.1) is 0 Å². The molecule has 17 heavy (non-hydrogen) atoms. The van der Waals surface area contributed by atoms with Crippen molar-refractivity contribution in [3.05, 3.63) is 23.8 Å². The lowest BCUT2D eigenvalue weighted by Gasteiger charge is -2.18. The summed E-state index contributed by atoms with van der Waals surface area (Å²) < 4.78 is 11.3. The Labute approximate surface area is 103 Å². The van der Waals surface area contributed by atoms with Crippen LogP contribution in [0.1, 0.15) is 44.0 Å². The number of carbonyl (C=O) groups excluding carboxylic acids is 1. The molecule has 0 spiro atoms. The monoisotopic (exact) mass is 236 g/mol. The Morgan fingerprint density at radius 2 is 2.12 bits per heavy atom. The molecule has 1 aromatic rings. The fourth-order valence-corrected chi connectivity index (χ4v) is 1.69. The molecule has 0 aromatic heterocycles. The molecule has 0 bridgehead atoms. The molecular formula is C14H20O3. The molecule has 0 radical (unpaired) electrons. The highest BCUT2D eigenvalue weighted by Gasteiger charge is 2.13. The zero-order chi connectivity index (χ0) is 12.7. The number of rotatable bonds is 7. The van der Waals surface area contributed by atoms with Crippen LogP contribution in [0.25, 0.3) is 0 Å². The van der Waals surface area contributed by atoms with Crippen molar-refractivity contribution in [1.29, 1.82) is 0 Å². The third-order valence-electron chi connectivity index (χ3n) is 2.45. The van der Waals surface area contributed by atoms with Crippen molar-refractivity contribution in [2.24, 2.45) is 0 Å². The Balaban J connectivity index is 2.95. The van der Waals surface area contributed by atoms with Crippen molar-refractivity contribution in [1.82, 2.24) is 0 Å². The van der Waals surface area contributed by atoms with Gasteiger partial charge in [0.2, 0.25) is 0 Å². The first-order valence-electron chi connectivity index (χ1n) is 6.10. The molecular weight excluding hydrogens is 216 g/mol. The standard InChI is InChI=1S/C14H20O3/c1-4-7-11(3)17-14-12(10-15)8-6-9-13(14)16-5-2/h6,8-11H,4-5,7H2,1-3H3. The minimum absolute atomic E-state index is 0.0836. The average molecular weight is 236 g/mol. The largest absolute Gasteiger partial charge is 0.490 e. The number of carbonyl (C=O) groups is 1. The summed E-state index contributed by atoms with van der Waals surface area (Å²) in [6.07, 6.45) is 2.89. The molecule has 1 aromatic carbocycles. The Hall–Kier alpha value is -1.51. The van der Waals surface area contributed by atoms with E-state index in [2.05, 4.69) is 6.92 Å². The van der Waals surface area contributed by atoms with Crippen LogP contribution >= 0.6 is 0 Å². The van der Waals surface area contributed by atoms with E-state index in [1.165, 1.54) is 0 Å². The van der Waals surface area contributed by atoms with Crippen LogP contribution in [-0.4, -0.2) is 19.0 Å². The first-order chi connectivity index (χ1) is 8.22. The molecule has 1 unspecified atom stereocenters. The summed E-state index contributed by atoms with van der Waals surface area (Å²) in [5.41, 5.74) is 0.541. The fourth-order valence-electron chi connectivity index (χ4n) is 1.69. The van der Waals surface area contributed by atoms with E-state index in [0.717, 1.165) is 19.1 Å². The van der Waals surface area contributed by atoms with E-state index in [1.54, 1.807) is 12.1 Å². The average Bonchev–Trinajstić information content (AvgIpc) is 2.32. The third kappa shape index (κ3) is 3.77. The summed E-state index contributed by atoms with van der Waals surface area (Å²) in [6.45, 7) is 6.57. The van der Waals surface area contributed by atoms with Gasteiger partial charge in [-0.25, -0.2) is 0 Å². The Bertz CT molecular complexity index is 360. The van der Waals surface area contributed by atoms with Gasteiger partial charge in [0.1, 0.15) is 0 Å². The third-order valence-corrected chi connectivity index (χ3v) is 2.45. The van der Waals surface area contributed by atoms with Crippen molar-refractivity contribution < 1.29 is 14.3 Å². The van der Waals surface area contributed by atoms with Gasteiger partial charge in [-0.05, 0) is 32.4 Å². The molecule has 0 fully saturated rings. The normalized spacial score (nSPS) is 11.9. The van der Waals surface area contributed by atoms with Crippen molar-refractivity contribution in [3.63, 3.8) is 0 Å². The van der Waals surface area contributed by atoms with Gasteiger partial charge in [0.05, 0.1) is 18.3 Å². The maximum absolute atomic E-state index is 11.0. The van der Waals surface area contributed by atoms with E-state index in [9.17, 15) is 4.79 Å². The molecule has 0 heterocycles. The first kappa shape index (κ1) is 13.6. The van der Waals surface area contributed by atoms with E-state index in [0.29, 0.717) is 23.7 Å². The van der Waals surface area contributed by atoms with Crippen LogP contribution in [0.3, 0.4) is 0 Å². The van der Waals surface area contributed by atoms with E-state index in [1.807, 2.05) is 19.9 Å². The topological polar surface area (TPSA) is 35.5 Å². The smallest absolute Gasteiger partial charge is 0.172 e. The van der Waals surface area contributed by atoms with Crippen LogP contribution in [0.5, 0.6) is 11.5 Å². The van der Waals surface area contributed by atoms with Gasteiger partial charge in [0.25, 0.3) is 0 Å². The lowest BCUT2D eigenvalue weighted by molar-refractivity contribution is 0.111. The molecule has 3 nitrogen and oxygen atoms in total. The van der Waals surface area contributed by atoms with Gasteiger partial charge in [0, 0.05) is 0 Å². The number of aldehydes is 1. The Morgan fingerprint density at radius 1 is 1.35 bits per heavy atom. The van der Waals surface area contributed by atoms with Gasteiger partial charge in [-0.2, -0.15) is 0 Å². The van der Waals surface area contributed by atoms with Gasteiger partial charge >= 0.3 is 0 Å². The second kappa shape index (κ2) is 6.94. The molecule has 0 saturated heterocycles. The minimum atomic E-state index is 0.0836. The molecule has 94 valence electrons. The number of ether oxygens (including phenoxy) is 2. The van der Waals surface area contributed by atoms with Crippen molar-refractivity contribution in [2.45, 2.75) is 39.7 Å². The molecule has 0 aliphatic carbocycles. The zero-order valence-electron chi connectivity index (χ0n) is 10.7. The minimum Gasteiger partial charge on any atom is -0.490 e. The maximum Gasteiger partial charge on any atom is 0.172 e. The predicted molar refractivity (Wildman–Crippen MR) is 68.0 cm³/mol. The van der Waals surface area contributed by atoms with Crippen molar-refractivity contribution in [3.8, 4) is 11.5 Å². The molecule has 0 amide bonds. The van der Waals surface area contributed by atoms with Gasteiger partial charge in [-0.1, -0.05) is 19.4 Å². The zero-order valence-corrected chi connectivity index (χ0v) is 10.7. The van der Waals surface area contributed by atoms with Crippen LogP contribution in [0.4, 0.5) is 0 Å². The van der Waals surface area contributed by atoms with Crippen molar-refractivity contribution in [2.75, 3.05) is 6.61 Å². The van der Waals surface area contributed by atoms with Crippen LogP contribution in [-0.2, 0) is 0 Å². The SMILES string of the molecule is CCCC(C)Oc1c(C=O)cccc1OCC. The van der Waals surface area contributed by atoms with E-state index in [-0.39, 0.29) is 6.10 Å². The maximum atomic E-state index is 11.0. The number of para-hydroxylation sites is 1. The van der Waals surface area contributed by atoms with Crippen LogP contribution in [0.2, 0.25) is 0 Å². The lowest BCUT2D eigenvalue weighted by atomic mass is 10.2. The second-order valence-corrected chi connectivity index (χ2v) is 3.94. The summed E-state index contributed by atoms with van der Waals surface area (Å²) in [7, 11) is 0. The molecule has 0 aliphatic heterocycles. The number of benzene rings is 1. The first-order valence-corrected chi connectivity index (χ1v) is 6.10. The summed E-state index contributed by atoms with van der Waals surface area (Å²) in [4.78, 5) is 11.0. The molecule has 3 heteroatoms. The molecule has 0 aliphatic rings. The highest BCUT2D eigenvalue weighted by molar-refractivity contribution is 5.81. The number of hydrogen-bond donors (Lipinski definition) is 0. The molecule has 1 rings (SSSR count). The van der Waals surface area contributed by atoms with Gasteiger partial charge in [0.15, 0.2) is 17.8 Å². The second-order valence-electron chi connectivity index (χ2n) is 3.94. The molecule has 0 saturated carbocycles. The Morgan fingerprint density at radius 3 is 2.71 bits per heavy atom. The molecule has 1 atom stereocenters. The van der Waals surface area contributed by atoms with Crippen LogP contribution < -0.4 is 9.47 Å². The highest BCUT2D eigenvalue weighted by Crippen LogP contribution is 2.31. The highest BCUT2D eigenvalue weighted by atomic mass is 16.5. The fraction of sp³-hybridized carbons (Fsp3) is 0.500. The summed E-state index contributed by atoms with van der Waals surface area (Å²) in [5, 5.41) is 0. The van der Waals surface area contributed by atoms with E-state index >= 15 is 0 Å². The quantitative estimate of drug-likeness (QED) is 0.680. The van der Waals surface area contributed by atoms with Gasteiger partial charge in [-0.3, -0.25) is 4.79 Å².